The molecule has 3 heteroatoms. The minimum absolute atomic E-state index is 0.716. The van der Waals surface area contributed by atoms with Gasteiger partial charge in [0.05, 0.1) is 17.8 Å². The summed E-state index contributed by atoms with van der Waals surface area (Å²) in [4.78, 5) is 4.51. The number of anilines is 1. The van der Waals surface area contributed by atoms with E-state index in [1.54, 1.807) is 0 Å². The van der Waals surface area contributed by atoms with Gasteiger partial charge in [0.25, 0.3) is 0 Å². The maximum Gasteiger partial charge on any atom is 0.101 e. The van der Waals surface area contributed by atoms with Gasteiger partial charge in [-0.15, -0.1) is 6.42 Å². The molecule has 1 fully saturated rings. The van der Waals surface area contributed by atoms with Crippen molar-refractivity contribution in [3.05, 3.63) is 29.8 Å². The van der Waals surface area contributed by atoms with Crippen molar-refractivity contribution < 1.29 is 0 Å². The highest BCUT2D eigenvalue weighted by Crippen LogP contribution is 2.20. The fourth-order valence-electron chi connectivity index (χ4n) is 2.12. The van der Waals surface area contributed by atoms with Crippen LogP contribution >= 0.6 is 0 Å². The predicted molar refractivity (Wildman–Crippen MR) is 68.6 cm³/mol. The number of hydrogen-bond donors (Lipinski definition) is 0. The molecule has 0 atom stereocenters. The molecule has 0 bridgehead atoms. The first-order chi connectivity index (χ1) is 8.35. The third-order valence-electron chi connectivity index (χ3n) is 3.05. The number of hydrogen-bond acceptors (Lipinski definition) is 3. The van der Waals surface area contributed by atoms with Gasteiger partial charge in [0.15, 0.2) is 0 Å². The first kappa shape index (κ1) is 11.5. The zero-order valence-corrected chi connectivity index (χ0v) is 9.76. The molecule has 1 aromatic carbocycles. The average molecular weight is 225 g/mol. The molecular weight excluding hydrogens is 210 g/mol. The van der Waals surface area contributed by atoms with E-state index in [1.165, 1.54) is 0 Å². The minimum atomic E-state index is 0.716. The molecule has 1 saturated heterocycles. The van der Waals surface area contributed by atoms with E-state index in [0.29, 0.717) is 6.54 Å². The van der Waals surface area contributed by atoms with Crippen LogP contribution in [-0.4, -0.2) is 37.6 Å². The van der Waals surface area contributed by atoms with Crippen LogP contribution in [0.15, 0.2) is 24.3 Å². The summed E-state index contributed by atoms with van der Waals surface area (Å²) in [7, 11) is 0. The van der Waals surface area contributed by atoms with Crippen molar-refractivity contribution in [3.8, 4) is 18.4 Å². The third-order valence-corrected chi connectivity index (χ3v) is 3.05. The van der Waals surface area contributed by atoms with Crippen LogP contribution in [0, 0.1) is 23.7 Å². The molecule has 1 aromatic rings. The van der Waals surface area contributed by atoms with E-state index in [-0.39, 0.29) is 0 Å². The Kier molecular flexibility index (Phi) is 3.65. The minimum Gasteiger partial charge on any atom is -0.368 e. The second kappa shape index (κ2) is 5.39. The number of para-hydroxylation sites is 1. The van der Waals surface area contributed by atoms with Crippen LogP contribution in [0.25, 0.3) is 0 Å². The summed E-state index contributed by atoms with van der Waals surface area (Å²) < 4.78 is 0. The highest BCUT2D eigenvalue weighted by molar-refractivity contribution is 5.59. The van der Waals surface area contributed by atoms with E-state index in [0.717, 1.165) is 37.4 Å². The molecule has 1 heterocycles. The Morgan fingerprint density at radius 2 is 1.88 bits per heavy atom. The molecule has 0 unspecified atom stereocenters. The summed E-state index contributed by atoms with van der Waals surface area (Å²) in [5, 5.41) is 9.07. The normalized spacial score (nSPS) is 16.2. The van der Waals surface area contributed by atoms with Crippen molar-refractivity contribution in [3.63, 3.8) is 0 Å². The fraction of sp³-hybridized carbons (Fsp3) is 0.357. The Morgan fingerprint density at radius 3 is 2.53 bits per heavy atom. The lowest BCUT2D eigenvalue weighted by atomic mass is 10.1. The molecule has 86 valence electrons. The number of benzene rings is 1. The fourth-order valence-corrected chi connectivity index (χ4v) is 2.12. The van der Waals surface area contributed by atoms with Crippen molar-refractivity contribution in [2.75, 3.05) is 37.6 Å². The van der Waals surface area contributed by atoms with Gasteiger partial charge >= 0.3 is 0 Å². The summed E-state index contributed by atoms with van der Waals surface area (Å²) >= 11 is 0. The zero-order valence-electron chi connectivity index (χ0n) is 9.76. The van der Waals surface area contributed by atoms with Crippen LogP contribution in [0.4, 0.5) is 5.69 Å². The Bertz CT molecular complexity index is 459. The van der Waals surface area contributed by atoms with E-state index in [2.05, 4.69) is 21.8 Å². The van der Waals surface area contributed by atoms with E-state index >= 15 is 0 Å². The van der Waals surface area contributed by atoms with Crippen molar-refractivity contribution in [1.29, 1.82) is 5.26 Å². The predicted octanol–water partition coefficient (Wildman–Crippen LogP) is 1.31. The largest absolute Gasteiger partial charge is 0.368 e. The van der Waals surface area contributed by atoms with Gasteiger partial charge in [-0.1, -0.05) is 18.1 Å². The third kappa shape index (κ3) is 2.58. The van der Waals surface area contributed by atoms with Crippen LogP contribution in [0.2, 0.25) is 0 Å². The van der Waals surface area contributed by atoms with Crippen LogP contribution in [0.3, 0.4) is 0 Å². The number of nitrogens with zero attached hydrogens (tertiary/aromatic N) is 3. The van der Waals surface area contributed by atoms with Crippen molar-refractivity contribution >= 4 is 5.69 Å². The van der Waals surface area contributed by atoms with Gasteiger partial charge in [-0.3, -0.25) is 4.90 Å². The Morgan fingerprint density at radius 1 is 1.18 bits per heavy atom. The zero-order chi connectivity index (χ0) is 12.1. The van der Waals surface area contributed by atoms with Gasteiger partial charge in [0, 0.05) is 26.2 Å². The maximum atomic E-state index is 9.07. The second-order valence-electron chi connectivity index (χ2n) is 4.10. The topological polar surface area (TPSA) is 30.3 Å². The summed E-state index contributed by atoms with van der Waals surface area (Å²) in [6, 6.07) is 9.99. The van der Waals surface area contributed by atoms with Crippen LogP contribution in [0.1, 0.15) is 5.56 Å². The second-order valence-corrected chi connectivity index (χ2v) is 4.10. The number of nitriles is 1. The molecule has 0 amide bonds. The van der Waals surface area contributed by atoms with E-state index in [9.17, 15) is 0 Å². The van der Waals surface area contributed by atoms with E-state index in [4.69, 9.17) is 11.7 Å². The van der Waals surface area contributed by atoms with Gasteiger partial charge in [-0.25, -0.2) is 0 Å². The molecule has 0 spiro atoms. The first-order valence-corrected chi connectivity index (χ1v) is 5.75. The SMILES string of the molecule is C#CCN1CCN(c2ccccc2C#N)CC1. The van der Waals surface area contributed by atoms with Gasteiger partial charge in [-0.2, -0.15) is 5.26 Å². The average Bonchev–Trinajstić information content (AvgIpc) is 2.40. The van der Waals surface area contributed by atoms with Crippen molar-refractivity contribution in [2.24, 2.45) is 0 Å². The van der Waals surface area contributed by atoms with Gasteiger partial charge in [0.1, 0.15) is 6.07 Å². The highest BCUT2D eigenvalue weighted by Gasteiger charge is 2.17. The molecule has 2 rings (SSSR count). The highest BCUT2D eigenvalue weighted by atomic mass is 15.3. The molecule has 3 nitrogen and oxygen atoms in total. The molecule has 0 aromatic heterocycles. The molecule has 0 saturated carbocycles. The van der Waals surface area contributed by atoms with Gasteiger partial charge < -0.3 is 4.90 Å². The summed E-state index contributed by atoms with van der Waals surface area (Å²) in [6.45, 7) is 4.50. The molecule has 0 N–H and O–H groups in total. The van der Waals surface area contributed by atoms with Gasteiger partial charge in [0.2, 0.25) is 0 Å². The standard InChI is InChI=1S/C14H15N3/c1-2-7-16-8-10-17(11-9-16)14-6-4-3-5-13(14)12-15/h1,3-6H,7-11H2. The van der Waals surface area contributed by atoms with Crippen molar-refractivity contribution in [1.82, 2.24) is 4.90 Å². The van der Waals surface area contributed by atoms with Crippen LogP contribution in [0.5, 0.6) is 0 Å². The van der Waals surface area contributed by atoms with Crippen LogP contribution in [-0.2, 0) is 0 Å². The Balaban J connectivity index is 2.06. The smallest absolute Gasteiger partial charge is 0.101 e. The Labute approximate surface area is 102 Å². The molecule has 0 aliphatic carbocycles. The molecule has 0 radical (unpaired) electrons. The van der Waals surface area contributed by atoms with Crippen LogP contribution < -0.4 is 4.90 Å². The quantitative estimate of drug-likeness (QED) is 0.711. The molecular formula is C14H15N3. The monoisotopic (exact) mass is 225 g/mol. The number of rotatable bonds is 2. The number of terminal acetylenes is 1. The maximum absolute atomic E-state index is 9.07. The first-order valence-electron chi connectivity index (χ1n) is 5.75. The lowest BCUT2D eigenvalue weighted by Crippen LogP contribution is -2.46. The lowest BCUT2D eigenvalue weighted by molar-refractivity contribution is 0.288. The summed E-state index contributed by atoms with van der Waals surface area (Å²) in [5.74, 6) is 2.67. The Hall–Kier alpha value is -1.97. The molecule has 1 aliphatic rings. The molecule has 17 heavy (non-hydrogen) atoms. The number of piperazine rings is 1. The summed E-state index contributed by atoms with van der Waals surface area (Å²) in [5.41, 5.74) is 1.79. The van der Waals surface area contributed by atoms with Crippen molar-refractivity contribution in [2.45, 2.75) is 0 Å². The summed E-state index contributed by atoms with van der Waals surface area (Å²) in [6.07, 6.45) is 5.30. The van der Waals surface area contributed by atoms with Gasteiger partial charge in [-0.05, 0) is 12.1 Å². The molecule has 1 aliphatic heterocycles. The van der Waals surface area contributed by atoms with E-state index in [1.807, 2.05) is 24.3 Å². The van der Waals surface area contributed by atoms with E-state index < -0.39 is 0 Å². The lowest BCUT2D eigenvalue weighted by Gasteiger charge is -2.35.